The molecule has 84 valence electrons. The lowest BCUT2D eigenvalue weighted by molar-refractivity contribution is 0.111. The normalized spacial score (nSPS) is 19.6. The molecule has 1 atom stereocenters. The van der Waals surface area contributed by atoms with Crippen molar-refractivity contribution >= 4 is 0 Å². The van der Waals surface area contributed by atoms with Crippen molar-refractivity contribution < 1.29 is 4.74 Å². The van der Waals surface area contributed by atoms with Gasteiger partial charge in [0.1, 0.15) is 0 Å². The maximum absolute atomic E-state index is 5.66. The molecule has 1 heteroatoms. The minimum atomic E-state index is 0.362. The number of rotatable bonds is 1. The zero-order valence-corrected chi connectivity index (χ0v) is 10.3. The molecule has 15 heavy (non-hydrogen) atoms. The molecule has 2 rings (SSSR count). The Hall–Kier alpha value is -0.820. The van der Waals surface area contributed by atoms with Crippen molar-refractivity contribution in [3.63, 3.8) is 0 Å². The van der Waals surface area contributed by atoms with Crippen molar-refractivity contribution in [2.75, 3.05) is 6.61 Å². The van der Waals surface area contributed by atoms with Crippen molar-refractivity contribution in [3.05, 3.63) is 34.9 Å². The van der Waals surface area contributed by atoms with E-state index in [1.165, 1.54) is 29.5 Å². The molecule has 1 heterocycles. The van der Waals surface area contributed by atoms with Crippen LogP contribution in [0.4, 0.5) is 0 Å². The Balaban J connectivity index is 0.000000531. The molecule has 1 nitrogen and oxygen atoms in total. The van der Waals surface area contributed by atoms with Gasteiger partial charge < -0.3 is 4.74 Å². The maximum Gasteiger partial charge on any atom is 0.0828 e. The molecule has 0 radical (unpaired) electrons. The van der Waals surface area contributed by atoms with Gasteiger partial charge in [-0.15, -0.1) is 0 Å². The Morgan fingerprint density at radius 2 is 1.93 bits per heavy atom. The summed E-state index contributed by atoms with van der Waals surface area (Å²) in [6, 6.07) is 6.61. The summed E-state index contributed by atoms with van der Waals surface area (Å²) in [5, 5.41) is 0. The molecule has 1 aliphatic rings. The lowest BCUT2D eigenvalue weighted by Gasteiger charge is -2.13. The Morgan fingerprint density at radius 1 is 1.20 bits per heavy atom. The third kappa shape index (κ3) is 3.07. The molecule has 0 saturated carbocycles. The van der Waals surface area contributed by atoms with Crippen LogP contribution in [-0.2, 0) is 4.74 Å². The van der Waals surface area contributed by atoms with E-state index in [2.05, 4.69) is 32.0 Å². The van der Waals surface area contributed by atoms with Gasteiger partial charge in [0, 0.05) is 6.61 Å². The predicted octanol–water partition coefficient (Wildman–Crippen LogP) is 4.18. The van der Waals surface area contributed by atoms with Gasteiger partial charge in [0.15, 0.2) is 0 Å². The third-order valence-corrected chi connectivity index (χ3v) is 2.70. The molecule has 0 spiro atoms. The fourth-order valence-electron chi connectivity index (χ4n) is 2.01. The quantitative estimate of drug-likeness (QED) is 0.669. The van der Waals surface area contributed by atoms with Crippen molar-refractivity contribution in [3.8, 4) is 0 Å². The average Bonchev–Trinajstić information content (AvgIpc) is 2.74. The second-order valence-electron chi connectivity index (χ2n) is 3.86. The second-order valence-corrected chi connectivity index (χ2v) is 3.86. The summed E-state index contributed by atoms with van der Waals surface area (Å²) in [5.74, 6) is 0. The van der Waals surface area contributed by atoms with Gasteiger partial charge in [-0.1, -0.05) is 37.6 Å². The third-order valence-electron chi connectivity index (χ3n) is 2.70. The van der Waals surface area contributed by atoms with E-state index >= 15 is 0 Å². The lowest BCUT2D eigenvalue weighted by Crippen LogP contribution is -1.98. The molecule has 1 aromatic rings. The first-order valence-corrected chi connectivity index (χ1v) is 5.96. The number of ether oxygens (including phenoxy) is 1. The monoisotopic (exact) mass is 206 g/mol. The van der Waals surface area contributed by atoms with Crippen LogP contribution < -0.4 is 0 Å². The van der Waals surface area contributed by atoms with Gasteiger partial charge in [-0.2, -0.15) is 0 Å². The van der Waals surface area contributed by atoms with Crippen LogP contribution in [0.1, 0.15) is 49.5 Å². The molecule has 1 aromatic carbocycles. The second kappa shape index (κ2) is 5.92. The van der Waals surface area contributed by atoms with Crippen LogP contribution in [0, 0.1) is 13.8 Å². The van der Waals surface area contributed by atoms with Gasteiger partial charge in [-0.05, 0) is 37.8 Å². The van der Waals surface area contributed by atoms with Gasteiger partial charge in [0.05, 0.1) is 6.10 Å². The summed E-state index contributed by atoms with van der Waals surface area (Å²) in [7, 11) is 0. The highest BCUT2D eigenvalue weighted by Gasteiger charge is 2.18. The topological polar surface area (TPSA) is 9.23 Å². The molecule has 0 amide bonds. The van der Waals surface area contributed by atoms with Crippen LogP contribution in [0.5, 0.6) is 0 Å². The van der Waals surface area contributed by atoms with E-state index in [9.17, 15) is 0 Å². The molecule has 1 fully saturated rings. The van der Waals surface area contributed by atoms with E-state index in [1.54, 1.807) is 0 Å². The van der Waals surface area contributed by atoms with Crippen molar-refractivity contribution in [1.82, 2.24) is 0 Å². The molecule has 1 aliphatic heterocycles. The van der Waals surface area contributed by atoms with Crippen LogP contribution in [0.25, 0.3) is 0 Å². The fraction of sp³-hybridized carbons (Fsp3) is 0.571. The van der Waals surface area contributed by atoms with Crippen molar-refractivity contribution in [2.45, 2.75) is 46.6 Å². The molecule has 1 unspecified atom stereocenters. The van der Waals surface area contributed by atoms with Crippen molar-refractivity contribution in [1.29, 1.82) is 0 Å². The predicted molar refractivity (Wildman–Crippen MR) is 65.2 cm³/mol. The summed E-state index contributed by atoms with van der Waals surface area (Å²) in [5.41, 5.74) is 4.08. The summed E-state index contributed by atoms with van der Waals surface area (Å²) in [4.78, 5) is 0. The Labute approximate surface area is 93.5 Å². The van der Waals surface area contributed by atoms with Crippen LogP contribution in [0.3, 0.4) is 0 Å². The number of hydrogen-bond acceptors (Lipinski definition) is 1. The average molecular weight is 206 g/mol. The standard InChI is InChI=1S/C12H16O.C2H6/c1-9-5-6-11(10(2)8-9)12-4-3-7-13-12;1-2/h5-6,8,12H,3-4,7H2,1-2H3;1-2H3. The largest absolute Gasteiger partial charge is 0.374 e. The Bertz CT molecular complexity index is 298. The van der Waals surface area contributed by atoms with E-state index in [0.29, 0.717) is 6.10 Å². The number of hydrogen-bond donors (Lipinski definition) is 0. The minimum Gasteiger partial charge on any atom is -0.374 e. The van der Waals surface area contributed by atoms with Gasteiger partial charge >= 0.3 is 0 Å². The van der Waals surface area contributed by atoms with E-state index in [4.69, 9.17) is 4.74 Å². The van der Waals surface area contributed by atoms with Crippen molar-refractivity contribution in [2.24, 2.45) is 0 Å². The number of aryl methyl sites for hydroxylation is 2. The van der Waals surface area contributed by atoms with E-state index in [1.807, 2.05) is 13.8 Å². The van der Waals surface area contributed by atoms with Gasteiger partial charge in [-0.3, -0.25) is 0 Å². The maximum atomic E-state index is 5.66. The van der Waals surface area contributed by atoms with Crippen LogP contribution in [0.2, 0.25) is 0 Å². The first-order chi connectivity index (χ1) is 7.27. The van der Waals surface area contributed by atoms with Crippen LogP contribution >= 0.6 is 0 Å². The highest BCUT2D eigenvalue weighted by Crippen LogP contribution is 2.30. The Morgan fingerprint density at radius 3 is 2.47 bits per heavy atom. The zero-order chi connectivity index (χ0) is 11.3. The SMILES string of the molecule is CC.Cc1ccc(C2CCCO2)c(C)c1. The van der Waals surface area contributed by atoms with E-state index in [-0.39, 0.29) is 0 Å². The lowest BCUT2D eigenvalue weighted by atomic mass is 9.99. The number of benzene rings is 1. The Kier molecular flexibility index (Phi) is 4.83. The summed E-state index contributed by atoms with van der Waals surface area (Å²) in [6.45, 7) is 9.23. The highest BCUT2D eigenvalue weighted by molar-refractivity contribution is 5.32. The zero-order valence-electron chi connectivity index (χ0n) is 10.3. The smallest absolute Gasteiger partial charge is 0.0828 e. The summed E-state index contributed by atoms with van der Waals surface area (Å²) >= 11 is 0. The summed E-state index contributed by atoms with van der Waals surface area (Å²) < 4.78 is 5.66. The minimum absolute atomic E-state index is 0.362. The van der Waals surface area contributed by atoms with Crippen LogP contribution in [-0.4, -0.2) is 6.61 Å². The molecular weight excluding hydrogens is 184 g/mol. The fourth-order valence-corrected chi connectivity index (χ4v) is 2.01. The molecule has 0 N–H and O–H groups in total. The van der Waals surface area contributed by atoms with E-state index in [0.717, 1.165) is 6.61 Å². The first kappa shape index (κ1) is 12.3. The highest BCUT2D eigenvalue weighted by atomic mass is 16.5. The van der Waals surface area contributed by atoms with Gasteiger partial charge in [-0.25, -0.2) is 0 Å². The van der Waals surface area contributed by atoms with E-state index < -0.39 is 0 Å². The molecule has 0 aliphatic carbocycles. The van der Waals surface area contributed by atoms with Gasteiger partial charge in [0.2, 0.25) is 0 Å². The first-order valence-electron chi connectivity index (χ1n) is 5.96. The van der Waals surface area contributed by atoms with Gasteiger partial charge in [0.25, 0.3) is 0 Å². The molecule has 1 saturated heterocycles. The molecule has 0 aromatic heterocycles. The summed E-state index contributed by atoms with van der Waals surface area (Å²) in [6.07, 6.45) is 2.75. The van der Waals surface area contributed by atoms with Crippen LogP contribution in [0.15, 0.2) is 18.2 Å². The molecular formula is C14H22O. The molecule has 0 bridgehead atoms.